The number of hydrogen-bond acceptors (Lipinski definition) is 7. The number of hydrogen-bond donors (Lipinski definition) is 0. The van der Waals surface area contributed by atoms with E-state index in [-0.39, 0.29) is 22.9 Å². The number of carbonyl (C=O) groups excluding carboxylic acids is 2. The average molecular weight is 669 g/mol. The molecule has 4 aromatic carbocycles. The van der Waals surface area contributed by atoms with Crippen molar-refractivity contribution in [2.45, 2.75) is 24.2 Å². The number of fused-ring (bicyclic) bond motifs is 1. The van der Waals surface area contributed by atoms with Crippen LogP contribution in [0.3, 0.4) is 0 Å². The highest BCUT2D eigenvalue weighted by molar-refractivity contribution is 7.90. The summed E-state index contributed by atoms with van der Waals surface area (Å²) < 4.78 is 28.5. The Kier molecular flexibility index (Phi) is 10.0. The Hall–Kier alpha value is -5.51. The largest absolute Gasteiger partial charge is 0.306 e. The Balaban J connectivity index is 1.16. The summed E-state index contributed by atoms with van der Waals surface area (Å²) in [5.41, 5.74) is 5.96. The van der Waals surface area contributed by atoms with E-state index < -0.39 is 10.0 Å². The second-order valence-corrected chi connectivity index (χ2v) is 14.0. The molecule has 0 bridgehead atoms. The van der Waals surface area contributed by atoms with Gasteiger partial charge in [-0.1, -0.05) is 91.0 Å². The summed E-state index contributed by atoms with van der Waals surface area (Å²) in [6.45, 7) is 0.705. The molecule has 9 heteroatoms. The van der Waals surface area contributed by atoms with Gasteiger partial charge >= 0.3 is 0 Å². The minimum atomic E-state index is -3.83. The van der Waals surface area contributed by atoms with Crippen LogP contribution in [0.15, 0.2) is 139 Å². The van der Waals surface area contributed by atoms with E-state index in [4.69, 9.17) is 0 Å². The van der Waals surface area contributed by atoms with Gasteiger partial charge in [-0.25, -0.2) is 22.4 Å². The van der Waals surface area contributed by atoms with Crippen LogP contribution in [-0.4, -0.2) is 59.5 Å². The third-order valence-corrected chi connectivity index (χ3v) is 9.84. The lowest BCUT2D eigenvalue weighted by molar-refractivity contribution is -0.114. The smallest absolute Gasteiger partial charge is 0.268 e. The van der Waals surface area contributed by atoms with Crippen LogP contribution in [0.2, 0.25) is 0 Å². The maximum Gasteiger partial charge on any atom is 0.268 e. The molecule has 246 valence electrons. The molecule has 0 unspecified atom stereocenters. The van der Waals surface area contributed by atoms with E-state index in [1.807, 2.05) is 85.7 Å². The van der Waals surface area contributed by atoms with Gasteiger partial charge in [0.1, 0.15) is 6.33 Å². The zero-order valence-corrected chi connectivity index (χ0v) is 28.2. The molecule has 0 amide bonds. The molecule has 2 aromatic heterocycles. The van der Waals surface area contributed by atoms with Gasteiger partial charge in [-0.3, -0.25) is 9.59 Å². The van der Waals surface area contributed by atoms with Gasteiger partial charge in [0.2, 0.25) is 0 Å². The highest BCUT2D eigenvalue weighted by Gasteiger charge is 2.22. The lowest BCUT2D eigenvalue weighted by atomic mass is 9.98. The Morgan fingerprint density at radius 1 is 0.776 bits per heavy atom. The molecule has 6 aromatic rings. The topological polar surface area (TPSA) is 102 Å². The van der Waals surface area contributed by atoms with E-state index in [0.29, 0.717) is 41.7 Å². The van der Waals surface area contributed by atoms with Gasteiger partial charge in [0.25, 0.3) is 10.0 Å². The van der Waals surface area contributed by atoms with Crippen LogP contribution in [0, 0.1) is 0 Å². The number of nitrogens with zero attached hydrogens (tertiary/aromatic N) is 4. The molecular weight excluding hydrogens is 633 g/mol. The molecule has 0 saturated heterocycles. The molecule has 0 aliphatic carbocycles. The van der Waals surface area contributed by atoms with Crippen LogP contribution in [-0.2, 0) is 34.1 Å². The summed E-state index contributed by atoms with van der Waals surface area (Å²) in [5, 5.41) is 0.767. The SMILES string of the molecule is CN(C)C/C=C/C(=O)Cc1ccc(C(=O)Cc2cccc(Cc3cc(-c4cn(S(=O)(=O)c5ccccc5)c5ccccc45)ncn3)c2)cc1. The number of likely N-dealkylation sites (N-methyl/N-ethyl adjacent to an activating group) is 1. The van der Waals surface area contributed by atoms with Crippen molar-refractivity contribution in [2.75, 3.05) is 20.6 Å². The molecule has 8 nitrogen and oxygen atoms in total. The van der Waals surface area contributed by atoms with E-state index in [9.17, 15) is 18.0 Å². The first kappa shape index (κ1) is 33.4. The number of carbonyl (C=O) groups is 2. The standard InChI is InChI=1S/C40H36N4O4S/c1-43(2)21-9-12-34(45)24-29-17-19-32(20-18-29)40(46)25-31-11-8-10-30(22-31)23-33-26-38(42-28-41-33)37-27-44(39-16-7-6-15-36(37)39)49(47,48)35-13-4-3-5-14-35/h3-20,22,26-28H,21,23-25H2,1-2H3/b12-9+. The van der Waals surface area contributed by atoms with Crippen molar-refractivity contribution < 1.29 is 18.0 Å². The Morgan fingerprint density at radius 3 is 2.29 bits per heavy atom. The number of Topliss-reactive ketones (excluding diaryl/α,β-unsaturated/α-hetero) is 1. The van der Waals surface area contributed by atoms with Crippen molar-refractivity contribution >= 4 is 32.5 Å². The summed E-state index contributed by atoms with van der Waals surface area (Å²) in [5.74, 6) is 0.0170. The fourth-order valence-electron chi connectivity index (χ4n) is 5.71. The second kappa shape index (κ2) is 14.7. The molecule has 0 aliphatic rings. The summed E-state index contributed by atoms with van der Waals surface area (Å²) in [6, 6.07) is 32.7. The number of benzene rings is 4. The summed E-state index contributed by atoms with van der Waals surface area (Å²) in [6.07, 6.45) is 7.60. The Morgan fingerprint density at radius 2 is 1.51 bits per heavy atom. The predicted molar refractivity (Wildman–Crippen MR) is 192 cm³/mol. The molecule has 6 rings (SSSR count). The molecule has 0 saturated carbocycles. The molecule has 49 heavy (non-hydrogen) atoms. The van der Waals surface area contributed by atoms with Gasteiger partial charge in [-0.2, -0.15) is 0 Å². The second-order valence-electron chi connectivity index (χ2n) is 12.2. The van der Waals surface area contributed by atoms with E-state index in [2.05, 4.69) is 9.97 Å². The monoisotopic (exact) mass is 668 g/mol. The van der Waals surface area contributed by atoms with Gasteiger partial charge < -0.3 is 4.90 Å². The number of para-hydroxylation sites is 1. The van der Waals surface area contributed by atoms with Crippen LogP contribution >= 0.6 is 0 Å². The van der Waals surface area contributed by atoms with Crippen LogP contribution in [0.4, 0.5) is 0 Å². The van der Waals surface area contributed by atoms with Crippen molar-refractivity contribution in [2.24, 2.45) is 0 Å². The quantitative estimate of drug-likeness (QED) is 0.101. The van der Waals surface area contributed by atoms with E-state index in [0.717, 1.165) is 27.8 Å². The van der Waals surface area contributed by atoms with E-state index in [1.165, 1.54) is 10.3 Å². The molecular formula is C40H36N4O4S. The number of allylic oxidation sites excluding steroid dienone is 1. The van der Waals surface area contributed by atoms with Crippen LogP contribution < -0.4 is 0 Å². The molecule has 0 N–H and O–H groups in total. The number of aromatic nitrogens is 3. The molecule has 0 aliphatic heterocycles. The van der Waals surface area contributed by atoms with Crippen LogP contribution in [0.25, 0.3) is 22.2 Å². The maximum atomic E-state index is 13.6. The van der Waals surface area contributed by atoms with Crippen molar-refractivity contribution in [3.8, 4) is 11.3 Å². The Labute approximate surface area is 286 Å². The first-order valence-corrected chi connectivity index (χ1v) is 17.4. The molecule has 0 fully saturated rings. The summed E-state index contributed by atoms with van der Waals surface area (Å²) >= 11 is 0. The Bertz CT molecular complexity index is 2260. The third-order valence-electron chi connectivity index (χ3n) is 8.15. The first-order valence-electron chi connectivity index (χ1n) is 15.9. The fraction of sp³-hybridized carbons (Fsp3) is 0.150. The van der Waals surface area contributed by atoms with Crippen molar-refractivity contribution in [3.05, 3.63) is 162 Å². The maximum absolute atomic E-state index is 13.6. The van der Waals surface area contributed by atoms with Gasteiger partial charge in [-0.05, 0) is 61.1 Å². The third kappa shape index (κ3) is 7.97. The fourth-order valence-corrected chi connectivity index (χ4v) is 7.10. The van der Waals surface area contributed by atoms with Gasteiger partial charge in [0.15, 0.2) is 11.6 Å². The van der Waals surface area contributed by atoms with Gasteiger partial charge in [-0.15, -0.1) is 0 Å². The van der Waals surface area contributed by atoms with Gasteiger partial charge in [0.05, 0.1) is 16.1 Å². The minimum absolute atomic E-state index is 0.00734. The minimum Gasteiger partial charge on any atom is -0.306 e. The molecule has 0 spiro atoms. The predicted octanol–water partition coefficient (Wildman–Crippen LogP) is 6.58. The van der Waals surface area contributed by atoms with Crippen molar-refractivity contribution in [1.82, 2.24) is 18.8 Å². The highest BCUT2D eigenvalue weighted by atomic mass is 32.2. The molecule has 0 radical (unpaired) electrons. The lowest BCUT2D eigenvalue weighted by Crippen LogP contribution is -2.11. The van der Waals surface area contributed by atoms with Crippen molar-refractivity contribution in [1.29, 1.82) is 0 Å². The highest BCUT2D eigenvalue weighted by Crippen LogP contribution is 2.32. The number of ketones is 2. The zero-order chi connectivity index (χ0) is 34.4. The van der Waals surface area contributed by atoms with E-state index in [1.54, 1.807) is 60.8 Å². The zero-order valence-electron chi connectivity index (χ0n) is 27.4. The van der Waals surface area contributed by atoms with Crippen LogP contribution in [0.1, 0.15) is 32.7 Å². The number of rotatable bonds is 13. The summed E-state index contributed by atoms with van der Waals surface area (Å²) in [7, 11) is 0.0627. The van der Waals surface area contributed by atoms with Crippen molar-refractivity contribution in [3.63, 3.8) is 0 Å². The normalized spacial score (nSPS) is 11.8. The lowest BCUT2D eigenvalue weighted by Gasteiger charge is -2.07. The average Bonchev–Trinajstić information content (AvgIpc) is 3.50. The van der Waals surface area contributed by atoms with Crippen LogP contribution in [0.5, 0.6) is 0 Å². The summed E-state index contributed by atoms with van der Waals surface area (Å²) in [4.78, 5) is 36.6. The van der Waals surface area contributed by atoms with Gasteiger partial charge in [0, 0.05) is 54.2 Å². The van der Waals surface area contributed by atoms with E-state index >= 15 is 0 Å². The first-order chi connectivity index (χ1) is 23.7. The molecule has 0 atom stereocenters. The molecule has 2 heterocycles.